The van der Waals surface area contributed by atoms with E-state index < -0.39 is 0 Å². The highest BCUT2D eigenvalue weighted by Crippen LogP contribution is 2.53. The molecule has 0 aliphatic heterocycles. The van der Waals surface area contributed by atoms with Crippen LogP contribution in [0.4, 0.5) is 0 Å². The van der Waals surface area contributed by atoms with Crippen LogP contribution in [0.1, 0.15) is 12.8 Å². The predicted molar refractivity (Wildman–Crippen MR) is 42.0 cm³/mol. The molecule has 0 aromatic heterocycles. The Morgan fingerprint density at radius 3 is 1.73 bits per heavy atom. The van der Waals surface area contributed by atoms with E-state index in [1.807, 2.05) is 0 Å². The summed E-state index contributed by atoms with van der Waals surface area (Å²) in [5.74, 6) is 0.866. The van der Waals surface area contributed by atoms with Gasteiger partial charge >= 0.3 is 0 Å². The van der Waals surface area contributed by atoms with Crippen LogP contribution in [0.15, 0.2) is 12.2 Å². The van der Waals surface area contributed by atoms with Gasteiger partial charge < -0.3 is 10.2 Å². The lowest BCUT2D eigenvalue weighted by atomic mass is 9.78. The molecule has 2 heteroatoms. The molecule has 2 aliphatic rings. The summed E-state index contributed by atoms with van der Waals surface area (Å²) in [5.41, 5.74) is -0.194. The molecule has 2 nitrogen and oxygen atoms in total. The summed E-state index contributed by atoms with van der Waals surface area (Å²) in [7, 11) is 0. The highest BCUT2D eigenvalue weighted by Gasteiger charge is 2.50. The quantitative estimate of drug-likeness (QED) is 0.570. The Morgan fingerprint density at radius 2 is 1.55 bits per heavy atom. The van der Waals surface area contributed by atoms with Gasteiger partial charge in [-0.2, -0.15) is 0 Å². The minimum Gasteiger partial charge on any atom is -0.396 e. The summed E-state index contributed by atoms with van der Waals surface area (Å²) in [4.78, 5) is 0. The van der Waals surface area contributed by atoms with Crippen LogP contribution in [0.2, 0.25) is 0 Å². The first-order valence-corrected chi connectivity index (χ1v) is 4.23. The van der Waals surface area contributed by atoms with E-state index in [-0.39, 0.29) is 18.6 Å². The number of hydrogen-bond acceptors (Lipinski definition) is 2. The van der Waals surface area contributed by atoms with E-state index in [1.165, 1.54) is 0 Å². The molecule has 0 spiro atoms. The van der Waals surface area contributed by atoms with Crippen LogP contribution in [0.3, 0.4) is 0 Å². The number of aliphatic hydroxyl groups excluding tert-OH is 2. The molecule has 11 heavy (non-hydrogen) atoms. The topological polar surface area (TPSA) is 40.5 Å². The molecule has 0 heterocycles. The standard InChI is InChI=1S/C9H14O2/c10-5-9(6-11)7-1-2-8(9)4-3-7/h1-2,7-8,10-11H,3-6H2. The van der Waals surface area contributed by atoms with Crippen molar-refractivity contribution in [3.8, 4) is 0 Å². The molecule has 0 aromatic carbocycles. The van der Waals surface area contributed by atoms with Crippen LogP contribution >= 0.6 is 0 Å². The maximum atomic E-state index is 9.20. The van der Waals surface area contributed by atoms with Crippen LogP contribution in [0.5, 0.6) is 0 Å². The lowest BCUT2D eigenvalue weighted by Crippen LogP contribution is -2.35. The minimum atomic E-state index is -0.194. The molecule has 0 aromatic rings. The van der Waals surface area contributed by atoms with Gasteiger partial charge in [-0.25, -0.2) is 0 Å². The van der Waals surface area contributed by atoms with Crippen molar-refractivity contribution in [3.05, 3.63) is 12.2 Å². The molecule has 0 radical (unpaired) electrons. The highest BCUT2D eigenvalue weighted by atomic mass is 16.3. The van der Waals surface area contributed by atoms with Crippen LogP contribution in [-0.4, -0.2) is 23.4 Å². The molecular formula is C9H14O2. The molecular weight excluding hydrogens is 140 g/mol. The third kappa shape index (κ3) is 0.741. The fourth-order valence-corrected chi connectivity index (χ4v) is 2.57. The van der Waals surface area contributed by atoms with Gasteiger partial charge in [-0.1, -0.05) is 12.2 Å². The zero-order valence-corrected chi connectivity index (χ0v) is 6.53. The lowest BCUT2D eigenvalue weighted by molar-refractivity contribution is 0.0237. The van der Waals surface area contributed by atoms with Gasteiger partial charge in [-0.3, -0.25) is 0 Å². The molecule has 2 atom stereocenters. The van der Waals surface area contributed by atoms with Crippen LogP contribution < -0.4 is 0 Å². The number of hydrogen-bond donors (Lipinski definition) is 2. The van der Waals surface area contributed by atoms with E-state index in [2.05, 4.69) is 12.2 Å². The van der Waals surface area contributed by atoms with Gasteiger partial charge in [-0.15, -0.1) is 0 Å². The summed E-state index contributed by atoms with van der Waals surface area (Å²) in [5, 5.41) is 18.4. The van der Waals surface area contributed by atoms with Gasteiger partial charge in [0.25, 0.3) is 0 Å². The Balaban J connectivity index is 2.27. The third-order valence-electron chi connectivity index (χ3n) is 3.43. The van der Waals surface area contributed by atoms with Gasteiger partial charge in [0.2, 0.25) is 0 Å². The fourth-order valence-electron chi connectivity index (χ4n) is 2.57. The lowest BCUT2D eigenvalue weighted by Gasteiger charge is -2.29. The average molecular weight is 154 g/mol. The Kier molecular flexibility index (Phi) is 1.55. The average Bonchev–Trinajstić information content (AvgIpc) is 2.59. The minimum absolute atomic E-state index is 0.131. The first kappa shape index (κ1) is 7.32. The Labute approximate surface area is 66.5 Å². The van der Waals surface area contributed by atoms with Crippen LogP contribution in [0.25, 0.3) is 0 Å². The molecule has 0 saturated heterocycles. The Bertz CT molecular complexity index is 166. The fraction of sp³-hybridized carbons (Fsp3) is 0.778. The van der Waals surface area contributed by atoms with Crippen molar-refractivity contribution in [2.24, 2.45) is 17.3 Å². The normalized spacial score (nSPS) is 38.4. The smallest absolute Gasteiger partial charge is 0.0520 e. The van der Waals surface area contributed by atoms with Gasteiger partial charge in [0.15, 0.2) is 0 Å². The van der Waals surface area contributed by atoms with Gasteiger partial charge in [0.05, 0.1) is 13.2 Å². The molecule has 62 valence electrons. The molecule has 1 fully saturated rings. The van der Waals surface area contributed by atoms with Crippen molar-refractivity contribution >= 4 is 0 Å². The summed E-state index contributed by atoms with van der Waals surface area (Å²) in [6, 6.07) is 0. The summed E-state index contributed by atoms with van der Waals surface area (Å²) < 4.78 is 0. The van der Waals surface area contributed by atoms with Crippen molar-refractivity contribution in [2.45, 2.75) is 12.8 Å². The molecule has 2 rings (SSSR count). The van der Waals surface area contributed by atoms with Gasteiger partial charge in [0, 0.05) is 5.41 Å². The monoisotopic (exact) mass is 154 g/mol. The van der Waals surface area contributed by atoms with E-state index in [0.29, 0.717) is 11.8 Å². The van der Waals surface area contributed by atoms with Crippen LogP contribution in [0, 0.1) is 17.3 Å². The Morgan fingerprint density at radius 1 is 1.09 bits per heavy atom. The molecule has 2 bridgehead atoms. The van der Waals surface area contributed by atoms with Crippen molar-refractivity contribution in [2.75, 3.05) is 13.2 Å². The molecule has 2 N–H and O–H groups in total. The number of allylic oxidation sites excluding steroid dienone is 2. The van der Waals surface area contributed by atoms with Crippen molar-refractivity contribution < 1.29 is 10.2 Å². The Hall–Kier alpha value is -0.340. The van der Waals surface area contributed by atoms with E-state index in [9.17, 15) is 10.2 Å². The zero-order chi connectivity index (χ0) is 7.90. The summed E-state index contributed by atoms with van der Waals surface area (Å²) >= 11 is 0. The van der Waals surface area contributed by atoms with E-state index in [0.717, 1.165) is 12.8 Å². The highest BCUT2D eigenvalue weighted by molar-refractivity contribution is 5.18. The van der Waals surface area contributed by atoms with E-state index >= 15 is 0 Å². The van der Waals surface area contributed by atoms with E-state index in [4.69, 9.17) is 0 Å². The van der Waals surface area contributed by atoms with Gasteiger partial charge in [-0.05, 0) is 24.7 Å². The summed E-state index contributed by atoms with van der Waals surface area (Å²) in [6.07, 6.45) is 6.59. The molecule has 1 saturated carbocycles. The number of rotatable bonds is 2. The second kappa shape index (κ2) is 2.32. The van der Waals surface area contributed by atoms with Gasteiger partial charge in [0.1, 0.15) is 0 Å². The van der Waals surface area contributed by atoms with Crippen molar-refractivity contribution in [1.29, 1.82) is 0 Å². The second-order valence-corrected chi connectivity index (χ2v) is 3.72. The number of aliphatic hydroxyl groups is 2. The maximum Gasteiger partial charge on any atom is 0.0520 e. The zero-order valence-electron chi connectivity index (χ0n) is 6.53. The van der Waals surface area contributed by atoms with Crippen molar-refractivity contribution in [1.82, 2.24) is 0 Å². The first-order chi connectivity index (χ1) is 5.33. The van der Waals surface area contributed by atoms with Crippen molar-refractivity contribution in [3.63, 3.8) is 0 Å². The molecule has 2 aliphatic carbocycles. The number of fused-ring (bicyclic) bond motifs is 2. The summed E-state index contributed by atoms with van der Waals surface area (Å²) in [6.45, 7) is 0.262. The second-order valence-electron chi connectivity index (χ2n) is 3.72. The first-order valence-electron chi connectivity index (χ1n) is 4.23. The largest absolute Gasteiger partial charge is 0.396 e. The molecule has 0 amide bonds. The third-order valence-corrected chi connectivity index (χ3v) is 3.43. The SMILES string of the molecule is OCC1(CO)C2C=CC1CC2. The molecule has 2 unspecified atom stereocenters. The predicted octanol–water partition coefficient (Wildman–Crippen LogP) is 0.553. The van der Waals surface area contributed by atoms with Crippen LogP contribution in [-0.2, 0) is 0 Å². The maximum absolute atomic E-state index is 9.20. The van der Waals surface area contributed by atoms with E-state index in [1.54, 1.807) is 0 Å².